The minimum Gasteiger partial charge on any atom is -0.488 e. The van der Waals surface area contributed by atoms with E-state index in [1.807, 2.05) is 64.1 Å². The Morgan fingerprint density at radius 2 is 1.65 bits per heavy atom. The van der Waals surface area contributed by atoms with Crippen molar-refractivity contribution in [3.8, 4) is 5.75 Å². The molecule has 0 aromatic heterocycles. The van der Waals surface area contributed by atoms with Crippen LogP contribution in [0.1, 0.15) is 43.6 Å². The first-order valence-corrected chi connectivity index (χ1v) is 8.66. The van der Waals surface area contributed by atoms with Crippen LogP contribution in [0, 0.1) is 0 Å². The van der Waals surface area contributed by atoms with Crippen LogP contribution in [0.2, 0.25) is 0 Å². The van der Waals surface area contributed by atoms with Crippen LogP contribution in [-0.4, -0.2) is 24.2 Å². The van der Waals surface area contributed by atoms with Crippen molar-refractivity contribution in [1.82, 2.24) is 0 Å². The molecule has 2 N–H and O–H groups in total. The van der Waals surface area contributed by atoms with Gasteiger partial charge in [-0.2, -0.15) is 0 Å². The van der Waals surface area contributed by atoms with Gasteiger partial charge in [0.05, 0.1) is 16.8 Å². The summed E-state index contributed by atoms with van der Waals surface area (Å²) in [5, 5.41) is 0. The maximum absolute atomic E-state index is 11.9. The summed E-state index contributed by atoms with van der Waals surface area (Å²) in [6, 6.07) is 15.0. The molecule has 6 heteroatoms. The van der Waals surface area contributed by atoms with Gasteiger partial charge >= 0.3 is 7.12 Å². The lowest BCUT2D eigenvalue weighted by Crippen LogP contribution is -2.41. The molecule has 0 radical (unpaired) electrons. The molecule has 5 nitrogen and oxygen atoms in total. The second-order valence-corrected chi connectivity index (χ2v) is 7.48. The summed E-state index contributed by atoms with van der Waals surface area (Å²) in [6.45, 7) is 8.30. The van der Waals surface area contributed by atoms with Crippen LogP contribution in [0.25, 0.3) is 0 Å². The second kappa shape index (κ2) is 6.78. The molecule has 1 aliphatic heterocycles. The van der Waals surface area contributed by atoms with E-state index in [-0.39, 0.29) is 0 Å². The third-order valence-electron chi connectivity index (χ3n) is 5.03. The molecular weight excluding hydrogens is 329 g/mol. The molecule has 26 heavy (non-hydrogen) atoms. The van der Waals surface area contributed by atoms with Crippen molar-refractivity contribution >= 4 is 18.5 Å². The highest BCUT2D eigenvalue weighted by Gasteiger charge is 2.51. The Morgan fingerprint density at radius 1 is 1.04 bits per heavy atom. The van der Waals surface area contributed by atoms with Gasteiger partial charge in [-0.15, -0.1) is 0 Å². The number of amides is 1. The molecule has 1 fully saturated rings. The minimum atomic E-state index is -0.554. The number of rotatable bonds is 5. The number of ether oxygens (including phenoxy) is 1. The van der Waals surface area contributed by atoms with Gasteiger partial charge in [-0.3, -0.25) is 4.79 Å². The molecule has 2 aromatic rings. The largest absolute Gasteiger partial charge is 0.494 e. The Balaban J connectivity index is 1.82. The number of benzene rings is 2. The van der Waals surface area contributed by atoms with E-state index in [2.05, 4.69) is 0 Å². The Labute approximate surface area is 154 Å². The van der Waals surface area contributed by atoms with Crippen molar-refractivity contribution < 1.29 is 18.8 Å². The summed E-state index contributed by atoms with van der Waals surface area (Å²) in [6.07, 6.45) is 0. The van der Waals surface area contributed by atoms with E-state index in [0.29, 0.717) is 17.9 Å². The summed E-state index contributed by atoms with van der Waals surface area (Å²) < 4.78 is 17.9. The normalized spacial score (nSPS) is 17.9. The van der Waals surface area contributed by atoms with E-state index in [0.717, 1.165) is 11.0 Å². The smallest absolute Gasteiger partial charge is 0.488 e. The fourth-order valence-corrected chi connectivity index (χ4v) is 2.73. The summed E-state index contributed by atoms with van der Waals surface area (Å²) in [5.74, 6) is -0.104. The SMILES string of the molecule is CC1(C)OB(c2ccc(OCc3ccccc3)c(C(N)=O)c2)OC1(C)C. The molecule has 1 saturated heterocycles. The Bertz CT molecular complexity index is 789. The van der Waals surface area contributed by atoms with E-state index in [4.69, 9.17) is 19.8 Å². The zero-order valence-corrected chi connectivity index (χ0v) is 15.6. The molecule has 0 saturated carbocycles. The van der Waals surface area contributed by atoms with Gasteiger partial charge in [0, 0.05) is 0 Å². The van der Waals surface area contributed by atoms with Crippen LogP contribution in [0.4, 0.5) is 0 Å². The number of carbonyl (C=O) groups excluding carboxylic acids is 1. The van der Waals surface area contributed by atoms with E-state index >= 15 is 0 Å². The molecule has 0 atom stereocenters. The fraction of sp³-hybridized carbons (Fsp3) is 0.350. The van der Waals surface area contributed by atoms with Crippen molar-refractivity contribution in [2.45, 2.75) is 45.5 Å². The molecule has 0 aliphatic carbocycles. The maximum atomic E-state index is 11.9. The van der Waals surface area contributed by atoms with Crippen molar-refractivity contribution in [3.05, 3.63) is 59.7 Å². The van der Waals surface area contributed by atoms with E-state index in [9.17, 15) is 4.79 Å². The van der Waals surface area contributed by atoms with Crippen molar-refractivity contribution in [1.29, 1.82) is 0 Å². The van der Waals surface area contributed by atoms with Crippen LogP contribution in [-0.2, 0) is 15.9 Å². The average molecular weight is 353 g/mol. The predicted octanol–water partition coefficient (Wildman–Crippen LogP) is 2.66. The van der Waals surface area contributed by atoms with Gasteiger partial charge in [0.25, 0.3) is 5.91 Å². The highest BCUT2D eigenvalue weighted by atomic mass is 16.7. The molecular formula is C20H24BNO4. The third-order valence-corrected chi connectivity index (χ3v) is 5.03. The monoisotopic (exact) mass is 353 g/mol. The van der Waals surface area contributed by atoms with Gasteiger partial charge in [0.15, 0.2) is 0 Å². The van der Waals surface area contributed by atoms with E-state index in [1.54, 1.807) is 12.1 Å². The van der Waals surface area contributed by atoms with Gasteiger partial charge in [-0.1, -0.05) is 36.4 Å². The van der Waals surface area contributed by atoms with Gasteiger partial charge < -0.3 is 19.8 Å². The number of carbonyl (C=O) groups is 1. The maximum Gasteiger partial charge on any atom is 0.494 e. The topological polar surface area (TPSA) is 70.8 Å². The molecule has 1 heterocycles. The Hall–Kier alpha value is -2.31. The van der Waals surface area contributed by atoms with Crippen LogP contribution in [0.15, 0.2) is 48.5 Å². The zero-order chi connectivity index (χ0) is 18.9. The lowest BCUT2D eigenvalue weighted by Gasteiger charge is -2.32. The number of nitrogens with two attached hydrogens (primary N) is 1. The quantitative estimate of drug-likeness (QED) is 0.839. The first-order valence-electron chi connectivity index (χ1n) is 8.66. The lowest BCUT2D eigenvalue weighted by molar-refractivity contribution is 0.00578. The Morgan fingerprint density at radius 3 is 2.23 bits per heavy atom. The summed E-state index contributed by atoms with van der Waals surface area (Å²) >= 11 is 0. The van der Waals surface area contributed by atoms with Gasteiger partial charge in [-0.05, 0) is 50.9 Å². The zero-order valence-electron chi connectivity index (χ0n) is 15.6. The average Bonchev–Trinajstić information content (AvgIpc) is 2.81. The fourth-order valence-electron chi connectivity index (χ4n) is 2.73. The molecule has 136 valence electrons. The number of hydrogen-bond acceptors (Lipinski definition) is 4. The number of hydrogen-bond donors (Lipinski definition) is 1. The van der Waals surface area contributed by atoms with Crippen molar-refractivity contribution in [2.24, 2.45) is 5.73 Å². The van der Waals surface area contributed by atoms with Gasteiger partial charge in [-0.25, -0.2) is 0 Å². The highest BCUT2D eigenvalue weighted by molar-refractivity contribution is 6.62. The molecule has 1 amide bonds. The summed E-state index contributed by atoms with van der Waals surface area (Å²) in [5.41, 5.74) is 6.72. The van der Waals surface area contributed by atoms with Gasteiger partial charge in [0.1, 0.15) is 12.4 Å². The van der Waals surface area contributed by atoms with Crippen molar-refractivity contribution in [3.63, 3.8) is 0 Å². The van der Waals surface area contributed by atoms with Crippen LogP contribution >= 0.6 is 0 Å². The summed E-state index contributed by atoms with van der Waals surface area (Å²) in [4.78, 5) is 11.9. The van der Waals surface area contributed by atoms with Crippen molar-refractivity contribution in [2.75, 3.05) is 0 Å². The standard InChI is InChI=1S/C20H24BNO4/c1-19(2)20(3,4)26-21(25-19)15-10-11-17(16(12-15)18(22)23)24-13-14-8-6-5-7-9-14/h5-12H,13H2,1-4H3,(H2,22,23). The number of primary amides is 1. The first-order chi connectivity index (χ1) is 12.2. The van der Waals surface area contributed by atoms with Crippen LogP contribution in [0.5, 0.6) is 5.75 Å². The molecule has 3 rings (SSSR count). The lowest BCUT2D eigenvalue weighted by atomic mass is 9.78. The van der Waals surface area contributed by atoms with Crippen LogP contribution < -0.4 is 15.9 Å². The molecule has 0 unspecified atom stereocenters. The second-order valence-electron chi connectivity index (χ2n) is 7.48. The van der Waals surface area contributed by atoms with Gasteiger partial charge in [0.2, 0.25) is 0 Å². The third kappa shape index (κ3) is 3.62. The van der Waals surface area contributed by atoms with E-state index in [1.165, 1.54) is 0 Å². The minimum absolute atomic E-state index is 0.313. The molecule has 2 aromatic carbocycles. The molecule has 0 bridgehead atoms. The predicted molar refractivity (Wildman–Crippen MR) is 101 cm³/mol. The van der Waals surface area contributed by atoms with E-state index < -0.39 is 24.2 Å². The molecule has 0 spiro atoms. The highest BCUT2D eigenvalue weighted by Crippen LogP contribution is 2.36. The summed E-state index contributed by atoms with van der Waals surface area (Å²) in [7, 11) is -0.554. The molecule has 1 aliphatic rings. The first kappa shape index (κ1) is 18.5. The Kier molecular flexibility index (Phi) is 4.82. The van der Waals surface area contributed by atoms with Crippen LogP contribution in [0.3, 0.4) is 0 Å².